The van der Waals surface area contributed by atoms with Crippen molar-refractivity contribution >= 4 is 42.5 Å². The van der Waals surface area contributed by atoms with Crippen LogP contribution in [-0.2, 0) is 9.59 Å². The van der Waals surface area contributed by atoms with Gasteiger partial charge in [0.05, 0.1) is 22.9 Å². The molecule has 2 amide bonds. The number of halogens is 1. The van der Waals surface area contributed by atoms with E-state index in [-0.39, 0.29) is 18.4 Å². The molecule has 13 heavy (non-hydrogen) atoms. The maximum absolute atomic E-state index is 11.3. The lowest BCUT2D eigenvalue weighted by Gasteiger charge is -2.19. The molecule has 0 aromatic rings. The Morgan fingerprint density at radius 1 is 1.54 bits per heavy atom. The van der Waals surface area contributed by atoms with Gasteiger partial charge in [-0.1, -0.05) is 6.92 Å². The van der Waals surface area contributed by atoms with E-state index in [0.717, 1.165) is 6.42 Å². The van der Waals surface area contributed by atoms with E-state index in [0.29, 0.717) is 12.9 Å². The molecule has 0 fully saturated rings. The van der Waals surface area contributed by atoms with Crippen LogP contribution in [0, 0.1) is 0 Å². The molecule has 0 radical (unpaired) electrons. The van der Waals surface area contributed by atoms with E-state index in [4.69, 9.17) is 0 Å². The molecular weight excluding hydrogens is 282 g/mol. The van der Waals surface area contributed by atoms with Gasteiger partial charge in [0.15, 0.2) is 0 Å². The third-order valence-electron chi connectivity index (χ3n) is 1.59. The summed E-state index contributed by atoms with van der Waals surface area (Å²) in [6, 6.07) is 0. The second-order valence-corrected chi connectivity index (χ2v) is 3.23. The SMILES string of the molecule is BCC(=O)N(CCC)CC(=O)NI. The predicted octanol–water partition coefficient (Wildman–Crippen LogP) is -0.257. The minimum Gasteiger partial charge on any atom is -0.334 e. The molecule has 0 aliphatic heterocycles. The summed E-state index contributed by atoms with van der Waals surface area (Å²) in [6.45, 7) is 2.80. The Kier molecular flexibility index (Phi) is 7.02. The fourth-order valence-electron chi connectivity index (χ4n) is 0.989. The molecule has 0 saturated heterocycles. The number of hydrogen-bond donors (Lipinski definition) is 1. The molecule has 0 unspecified atom stereocenters. The predicted molar refractivity (Wildman–Crippen MR) is 62.4 cm³/mol. The smallest absolute Gasteiger partial charge is 0.248 e. The van der Waals surface area contributed by atoms with Gasteiger partial charge in [-0.25, -0.2) is 0 Å². The maximum Gasteiger partial charge on any atom is 0.248 e. The van der Waals surface area contributed by atoms with Gasteiger partial charge in [0.1, 0.15) is 14.4 Å². The van der Waals surface area contributed by atoms with Crippen molar-refractivity contribution in [2.75, 3.05) is 13.1 Å². The first kappa shape index (κ1) is 12.7. The van der Waals surface area contributed by atoms with Crippen LogP contribution < -0.4 is 3.53 Å². The molecule has 0 bridgehead atoms. The first-order valence-corrected chi connectivity index (χ1v) is 5.40. The molecule has 1 N–H and O–H groups in total. The standard InChI is InChI=1S/C7H14BIN2O2/c1-2-3-11(7(13)4-8)5-6(12)10-9/h2-5,8H2,1H3,(H,10,12). The van der Waals surface area contributed by atoms with E-state index in [1.165, 1.54) is 0 Å². The topological polar surface area (TPSA) is 49.4 Å². The number of nitrogens with zero attached hydrogens (tertiary/aromatic N) is 1. The van der Waals surface area contributed by atoms with Crippen LogP contribution in [0.4, 0.5) is 0 Å². The third-order valence-corrected chi connectivity index (χ3v) is 2.19. The Morgan fingerprint density at radius 3 is 2.54 bits per heavy atom. The van der Waals surface area contributed by atoms with Gasteiger partial charge in [0, 0.05) is 6.54 Å². The van der Waals surface area contributed by atoms with Gasteiger partial charge in [0.2, 0.25) is 11.8 Å². The lowest BCUT2D eigenvalue weighted by molar-refractivity contribution is -0.133. The van der Waals surface area contributed by atoms with Crippen LogP contribution >= 0.6 is 22.9 Å². The quantitative estimate of drug-likeness (QED) is 0.432. The molecule has 0 aromatic carbocycles. The van der Waals surface area contributed by atoms with Gasteiger partial charge in [0.25, 0.3) is 0 Å². The summed E-state index contributed by atoms with van der Waals surface area (Å²) in [4.78, 5) is 23.9. The number of hydrogen-bond acceptors (Lipinski definition) is 2. The monoisotopic (exact) mass is 296 g/mol. The molecule has 74 valence electrons. The lowest BCUT2D eigenvalue weighted by Crippen LogP contribution is -2.38. The Bertz CT molecular complexity index is 189. The van der Waals surface area contributed by atoms with Crippen molar-refractivity contribution in [3.8, 4) is 0 Å². The molecule has 0 saturated carbocycles. The van der Waals surface area contributed by atoms with Gasteiger partial charge < -0.3 is 4.90 Å². The molecule has 4 nitrogen and oxygen atoms in total. The molecule has 6 heteroatoms. The average Bonchev–Trinajstić information content (AvgIpc) is 2.15. The number of rotatable bonds is 5. The number of amides is 2. The lowest BCUT2D eigenvalue weighted by atomic mass is 10.0. The molecule has 0 aromatic heterocycles. The van der Waals surface area contributed by atoms with E-state index in [9.17, 15) is 9.59 Å². The third kappa shape index (κ3) is 5.12. The largest absolute Gasteiger partial charge is 0.334 e. The van der Waals surface area contributed by atoms with Crippen molar-refractivity contribution in [2.45, 2.75) is 19.7 Å². The van der Waals surface area contributed by atoms with Gasteiger partial charge in [-0.2, -0.15) is 0 Å². The molecular formula is C7H14BIN2O2. The Morgan fingerprint density at radius 2 is 2.15 bits per heavy atom. The van der Waals surface area contributed by atoms with Gasteiger partial charge in [-0.3, -0.25) is 13.1 Å². The van der Waals surface area contributed by atoms with Crippen molar-refractivity contribution in [2.24, 2.45) is 0 Å². The summed E-state index contributed by atoms with van der Waals surface area (Å²) < 4.78 is 2.47. The van der Waals surface area contributed by atoms with Crippen LogP contribution in [0.15, 0.2) is 0 Å². The van der Waals surface area contributed by atoms with E-state index < -0.39 is 0 Å². The summed E-state index contributed by atoms with van der Waals surface area (Å²) in [5, 5.41) is 0. The van der Waals surface area contributed by atoms with Crippen LogP contribution in [-0.4, -0.2) is 37.7 Å². The van der Waals surface area contributed by atoms with Crippen LogP contribution in [0.5, 0.6) is 0 Å². The van der Waals surface area contributed by atoms with Gasteiger partial charge in [-0.15, -0.1) is 0 Å². The highest BCUT2D eigenvalue weighted by molar-refractivity contribution is 14.1. The molecule has 0 atom stereocenters. The maximum atomic E-state index is 11.3. The van der Waals surface area contributed by atoms with Crippen LogP contribution in [0.2, 0.25) is 6.32 Å². The summed E-state index contributed by atoms with van der Waals surface area (Å²) in [5.41, 5.74) is 0. The summed E-state index contributed by atoms with van der Waals surface area (Å²) >= 11 is 1.77. The van der Waals surface area contributed by atoms with E-state index in [1.807, 2.05) is 6.92 Å². The van der Waals surface area contributed by atoms with Crippen molar-refractivity contribution < 1.29 is 9.59 Å². The number of carbonyl (C=O) groups is 2. The minimum atomic E-state index is -0.129. The summed E-state index contributed by atoms with van der Waals surface area (Å²) in [6.07, 6.45) is 1.33. The second kappa shape index (κ2) is 7.17. The fraction of sp³-hybridized carbons (Fsp3) is 0.714. The fourth-order valence-corrected chi connectivity index (χ4v) is 1.16. The van der Waals surface area contributed by atoms with Gasteiger partial charge >= 0.3 is 0 Å². The van der Waals surface area contributed by atoms with E-state index in [2.05, 4.69) is 3.53 Å². The normalized spacial score (nSPS) is 9.38. The zero-order chi connectivity index (χ0) is 10.3. The molecule has 0 spiro atoms. The van der Waals surface area contributed by atoms with Crippen molar-refractivity contribution in [3.63, 3.8) is 0 Å². The number of nitrogens with one attached hydrogen (secondary N) is 1. The molecule has 0 aliphatic rings. The highest BCUT2D eigenvalue weighted by Gasteiger charge is 2.13. The van der Waals surface area contributed by atoms with Crippen LogP contribution in [0.25, 0.3) is 0 Å². The Balaban J connectivity index is 4.08. The zero-order valence-corrected chi connectivity index (χ0v) is 10.1. The van der Waals surface area contributed by atoms with Crippen LogP contribution in [0.3, 0.4) is 0 Å². The van der Waals surface area contributed by atoms with Crippen molar-refractivity contribution in [1.82, 2.24) is 8.43 Å². The average molecular weight is 296 g/mol. The summed E-state index contributed by atoms with van der Waals surface area (Å²) in [7, 11) is 1.80. The molecule has 0 aliphatic carbocycles. The van der Waals surface area contributed by atoms with E-state index >= 15 is 0 Å². The van der Waals surface area contributed by atoms with Crippen LogP contribution in [0.1, 0.15) is 13.3 Å². The Labute approximate surface area is 93.3 Å². The first-order valence-electron chi connectivity index (χ1n) is 4.32. The van der Waals surface area contributed by atoms with Crippen molar-refractivity contribution in [1.29, 1.82) is 0 Å². The van der Waals surface area contributed by atoms with E-state index in [1.54, 1.807) is 35.6 Å². The highest BCUT2D eigenvalue weighted by atomic mass is 127. The van der Waals surface area contributed by atoms with Gasteiger partial charge in [-0.05, 0) is 12.7 Å². The minimum absolute atomic E-state index is 0.0295. The zero-order valence-electron chi connectivity index (χ0n) is 7.97. The first-order chi connectivity index (χ1) is 6.15. The molecule has 0 rings (SSSR count). The van der Waals surface area contributed by atoms with Crippen molar-refractivity contribution in [3.05, 3.63) is 0 Å². The highest BCUT2D eigenvalue weighted by Crippen LogP contribution is 1.95. The second-order valence-electron chi connectivity index (χ2n) is 2.69. The number of carbonyl (C=O) groups excluding carboxylic acids is 2. The Hall–Kier alpha value is -0.265. The summed E-state index contributed by atoms with van der Waals surface area (Å²) in [5.74, 6) is -0.0994. The molecule has 0 heterocycles.